The molecule has 0 spiro atoms. The number of benzene rings is 1. The van der Waals surface area contributed by atoms with Crippen LogP contribution in [0.4, 0.5) is 0 Å². The minimum Gasteiger partial charge on any atom is -0.493 e. The van der Waals surface area contributed by atoms with Gasteiger partial charge < -0.3 is 14.5 Å². The van der Waals surface area contributed by atoms with Crippen LogP contribution in [0.5, 0.6) is 5.75 Å². The average molecular weight is 382 g/mol. The van der Waals surface area contributed by atoms with Gasteiger partial charge in [0, 0.05) is 23.4 Å². The number of carbonyl (C=O) groups is 1. The van der Waals surface area contributed by atoms with Crippen LogP contribution < -0.4 is 10.1 Å². The van der Waals surface area contributed by atoms with Gasteiger partial charge in [-0.15, -0.1) is 11.3 Å². The van der Waals surface area contributed by atoms with Crippen molar-refractivity contribution >= 4 is 17.2 Å². The number of para-hydroxylation sites is 1. The predicted octanol–water partition coefficient (Wildman–Crippen LogP) is 3.98. The monoisotopic (exact) mass is 382 g/mol. The number of carbonyl (C=O) groups excluding carboxylic acids is 1. The van der Waals surface area contributed by atoms with Crippen molar-refractivity contribution in [1.82, 2.24) is 10.2 Å². The van der Waals surface area contributed by atoms with Gasteiger partial charge in [-0.2, -0.15) is 0 Å². The fraction of sp³-hybridized carbons (Fsp3) is 0.286. The fourth-order valence-corrected chi connectivity index (χ4v) is 4.09. The lowest BCUT2D eigenvalue weighted by molar-refractivity contribution is -0.123. The Morgan fingerprint density at radius 3 is 2.89 bits per heavy atom. The Balaban J connectivity index is 1.42. The number of furan rings is 1. The maximum atomic E-state index is 12.8. The van der Waals surface area contributed by atoms with Crippen molar-refractivity contribution in [3.8, 4) is 5.75 Å². The third-order valence-electron chi connectivity index (χ3n) is 4.58. The highest BCUT2D eigenvalue weighted by Crippen LogP contribution is 2.31. The second-order valence-electron chi connectivity index (χ2n) is 6.60. The molecule has 0 radical (unpaired) electrons. The van der Waals surface area contributed by atoms with Crippen molar-refractivity contribution in [2.75, 3.05) is 13.2 Å². The van der Waals surface area contributed by atoms with Gasteiger partial charge in [0.2, 0.25) is 5.91 Å². The number of thiophene rings is 1. The molecule has 1 aliphatic rings. The smallest absolute Gasteiger partial charge is 0.234 e. The first-order valence-electron chi connectivity index (χ1n) is 9.06. The van der Waals surface area contributed by atoms with Crippen molar-refractivity contribution in [1.29, 1.82) is 0 Å². The molecule has 0 aliphatic carbocycles. The number of nitrogens with one attached hydrogen (secondary N) is 1. The lowest BCUT2D eigenvalue weighted by atomic mass is 10.0. The number of rotatable bonds is 7. The van der Waals surface area contributed by atoms with E-state index in [4.69, 9.17) is 9.15 Å². The van der Waals surface area contributed by atoms with Gasteiger partial charge in [-0.25, -0.2) is 0 Å². The summed E-state index contributed by atoms with van der Waals surface area (Å²) >= 11 is 1.70. The Morgan fingerprint density at radius 2 is 2.07 bits per heavy atom. The lowest BCUT2D eigenvalue weighted by Gasteiger charge is -2.28. The largest absolute Gasteiger partial charge is 0.493 e. The quantitative estimate of drug-likeness (QED) is 0.671. The zero-order valence-electron chi connectivity index (χ0n) is 15.0. The summed E-state index contributed by atoms with van der Waals surface area (Å²) in [5.41, 5.74) is 1.05. The van der Waals surface area contributed by atoms with Crippen LogP contribution in [0.1, 0.15) is 28.7 Å². The molecule has 1 N–H and O–H groups in total. The Morgan fingerprint density at radius 1 is 1.15 bits per heavy atom. The molecule has 1 amide bonds. The van der Waals surface area contributed by atoms with Crippen LogP contribution in [-0.2, 0) is 17.9 Å². The van der Waals surface area contributed by atoms with E-state index >= 15 is 0 Å². The van der Waals surface area contributed by atoms with E-state index in [1.807, 2.05) is 42.5 Å². The average Bonchev–Trinajstić information content (AvgIpc) is 3.36. The number of hydrogen-bond donors (Lipinski definition) is 1. The van der Waals surface area contributed by atoms with Crippen molar-refractivity contribution in [2.45, 2.75) is 25.6 Å². The standard InChI is InChI=1S/C21H22N2O3S/c24-21(22-19-9-11-26-20-8-2-1-7-18(19)20)15-23(13-16-5-3-10-25-16)14-17-6-4-12-27-17/h1-8,10,12,19H,9,11,13-15H2,(H,22,24). The molecule has 0 saturated carbocycles. The van der Waals surface area contributed by atoms with E-state index in [0.717, 1.165) is 30.0 Å². The molecule has 0 saturated heterocycles. The van der Waals surface area contributed by atoms with Crippen LogP contribution in [0.2, 0.25) is 0 Å². The highest BCUT2D eigenvalue weighted by atomic mass is 32.1. The van der Waals surface area contributed by atoms with Crippen LogP contribution in [0.15, 0.2) is 64.6 Å². The molecule has 0 bridgehead atoms. The number of amides is 1. The van der Waals surface area contributed by atoms with Gasteiger partial charge >= 0.3 is 0 Å². The second-order valence-corrected chi connectivity index (χ2v) is 7.63. The number of ether oxygens (including phenoxy) is 1. The highest BCUT2D eigenvalue weighted by molar-refractivity contribution is 7.09. The van der Waals surface area contributed by atoms with E-state index in [2.05, 4.69) is 21.7 Å². The van der Waals surface area contributed by atoms with Crippen molar-refractivity contribution in [2.24, 2.45) is 0 Å². The Kier molecular flexibility index (Phi) is 5.55. The number of hydrogen-bond acceptors (Lipinski definition) is 5. The van der Waals surface area contributed by atoms with Crippen molar-refractivity contribution in [3.63, 3.8) is 0 Å². The topological polar surface area (TPSA) is 54.7 Å². The van der Waals surface area contributed by atoms with Crippen molar-refractivity contribution in [3.05, 3.63) is 76.4 Å². The molecule has 0 fully saturated rings. The van der Waals surface area contributed by atoms with Gasteiger partial charge in [0.05, 0.1) is 32.0 Å². The zero-order valence-corrected chi connectivity index (χ0v) is 15.8. The molecular formula is C21H22N2O3S. The van der Waals surface area contributed by atoms with Crippen molar-refractivity contribution < 1.29 is 13.9 Å². The molecule has 1 unspecified atom stereocenters. The zero-order chi connectivity index (χ0) is 18.5. The summed E-state index contributed by atoms with van der Waals surface area (Å²) in [6, 6.07) is 15.8. The van der Waals surface area contributed by atoms with Gasteiger partial charge in [-0.3, -0.25) is 9.69 Å². The molecule has 140 valence electrons. The van der Waals surface area contributed by atoms with E-state index in [1.165, 1.54) is 4.88 Å². The molecule has 27 heavy (non-hydrogen) atoms. The molecular weight excluding hydrogens is 360 g/mol. The van der Waals surface area contributed by atoms with Gasteiger partial charge in [0.1, 0.15) is 11.5 Å². The summed E-state index contributed by atoms with van der Waals surface area (Å²) in [6.07, 6.45) is 2.45. The van der Waals surface area contributed by atoms with E-state index in [1.54, 1.807) is 17.6 Å². The first-order chi connectivity index (χ1) is 13.3. The van der Waals surface area contributed by atoms with E-state index in [9.17, 15) is 4.79 Å². The Bertz CT molecular complexity index is 825. The summed E-state index contributed by atoms with van der Waals surface area (Å²) in [5, 5.41) is 5.23. The molecule has 5 nitrogen and oxygen atoms in total. The van der Waals surface area contributed by atoms with Gasteiger partial charge in [0.15, 0.2) is 0 Å². The van der Waals surface area contributed by atoms with Crippen LogP contribution in [0, 0.1) is 0 Å². The normalized spacial score (nSPS) is 16.0. The highest BCUT2D eigenvalue weighted by Gasteiger charge is 2.23. The fourth-order valence-electron chi connectivity index (χ4n) is 3.35. The summed E-state index contributed by atoms with van der Waals surface area (Å²) in [6.45, 7) is 2.25. The summed E-state index contributed by atoms with van der Waals surface area (Å²) < 4.78 is 11.2. The molecule has 4 rings (SSSR count). The molecule has 1 aromatic carbocycles. The third kappa shape index (κ3) is 4.59. The molecule has 3 aromatic rings. The minimum atomic E-state index is -0.00495. The van der Waals surface area contributed by atoms with Crippen LogP contribution in [-0.4, -0.2) is 24.0 Å². The maximum Gasteiger partial charge on any atom is 0.234 e. The lowest BCUT2D eigenvalue weighted by Crippen LogP contribution is -2.39. The second kappa shape index (κ2) is 8.41. The summed E-state index contributed by atoms with van der Waals surface area (Å²) in [7, 11) is 0. The number of fused-ring (bicyclic) bond motifs is 1. The first kappa shape index (κ1) is 17.8. The van der Waals surface area contributed by atoms with Crippen LogP contribution in [0.25, 0.3) is 0 Å². The SMILES string of the molecule is O=C(CN(Cc1ccco1)Cc1cccs1)NC1CCOc2ccccc21. The number of nitrogens with zero attached hydrogens (tertiary/aromatic N) is 1. The molecule has 1 atom stereocenters. The third-order valence-corrected chi connectivity index (χ3v) is 5.44. The molecule has 6 heteroatoms. The van der Waals surface area contributed by atoms with E-state index < -0.39 is 0 Å². The summed E-state index contributed by atoms with van der Waals surface area (Å²) in [4.78, 5) is 16.1. The maximum absolute atomic E-state index is 12.8. The Labute approximate surface area is 162 Å². The van der Waals surface area contributed by atoms with Crippen LogP contribution in [0.3, 0.4) is 0 Å². The van der Waals surface area contributed by atoms with Gasteiger partial charge in [0.25, 0.3) is 0 Å². The van der Waals surface area contributed by atoms with E-state index in [0.29, 0.717) is 19.7 Å². The Hall–Kier alpha value is -2.57. The molecule has 3 heterocycles. The summed E-state index contributed by atoms with van der Waals surface area (Å²) in [5.74, 6) is 1.73. The predicted molar refractivity (Wildman–Crippen MR) is 105 cm³/mol. The molecule has 1 aliphatic heterocycles. The van der Waals surface area contributed by atoms with Crippen LogP contribution >= 0.6 is 11.3 Å². The van der Waals surface area contributed by atoms with Gasteiger partial charge in [-0.1, -0.05) is 24.3 Å². The van der Waals surface area contributed by atoms with E-state index in [-0.39, 0.29) is 11.9 Å². The molecule has 2 aromatic heterocycles. The minimum absolute atomic E-state index is 0.00495. The van der Waals surface area contributed by atoms with Gasteiger partial charge in [-0.05, 0) is 29.6 Å². The first-order valence-corrected chi connectivity index (χ1v) is 9.94.